The molecule has 2 aromatic heterocycles. The lowest BCUT2D eigenvalue weighted by atomic mass is 10.1. The summed E-state index contributed by atoms with van der Waals surface area (Å²) in [4.78, 5) is 22.8. The maximum atomic E-state index is 13.6. The molecule has 1 amide bonds. The largest absolute Gasteiger partial charge is 0.451 e. The van der Waals surface area contributed by atoms with E-state index in [1.54, 1.807) is 23.5 Å². The summed E-state index contributed by atoms with van der Waals surface area (Å²) in [6.45, 7) is 0. The molecule has 0 spiro atoms. The first-order valence-corrected chi connectivity index (χ1v) is 14.0. The number of benzene rings is 3. The number of nitrogens with one attached hydrogen (secondary N) is 2. The van der Waals surface area contributed by atoms with Crippen molar-refractivity contribution in [1.29, 1.82) is 0 Å². The molecule has 0 saturated heterocycles. The number of H-pyrrole nitrogens is 1. The van der Waals surface area contributed by atoms with Crippen molar-refractivity contribution in [1.82, 2.24) is 15.3 Å². The average molecular weight is 522 g/mol. The van der Waals surface area contributed by atoms with Gasteiger partial charge in [0.25, 0.3) is 5.91 Å². The Balaban J connectivity index is 1.44. The Kier molecular flexibility index (Phi) is 7.37. The number of hydrogen-bond acceptors (Lipinski definition) is 5. The van der Waals surface area contributed by atoms with E-state index in [0.717, 1.165) is 44.9 Å². The summed E-state index contributed by atoms with van der Waals surface area (Å²) in [5.41, 5.74) is 3.42. The smallest absolute Gasteiger partial charge is 0.287 e. The molecule has 178 valence electrons. The van der Waals surface area contributed by atoms with Crippen LogP contribution in [0.1, 0.15) is 34.4 Å². The fraction of sp³-hybridized carbons (Fsp3) is 0.185. The molecule has 2 N–H and O–H groups in total. The number of halogens is 1. The molecule has 0 aliphatic carbocycles. The number of hydrogen-bond donors (Lipinski definition) is 2. The van der Waals surface area contributed by atoms with Gasteiger partial charge in [0.1, 0.15) is 11.4 Å². The van der Waals surface area contributed by atoms with Crippen LogP contribution in [0.5, 0.6) is 0 Å². The number of furan rings is 1. The van der Waals surface area contributed by atoms with E-state index in [-0.39, 0.29) is 11.9 Å². The molecule has 0 aliphatic rings. The van der Waals surface area contributed by atoms with Crippen molar-refractivity contribution >= 4 is 63.0 Å². The molecule has 0 radical (unpaired) electrons. The van der Waals surface area contributed by atoms with Crippen LogP contribution >= 0.6 is 35.1 Å². The van der Waals surface area contributed by atoms with Gasteiger partial charge in [-0.25, -0.2) is 4.98 Å². The van der Waals surface area contributed by atoms with Gasteiger partial charge in [-0.1, -0.05) is 41.9 Å². The van der Waals surface area contributed by atoms with E-state index in [1.807, 2.05) is 72.8 Å². The maximum Gasteiger partial charge on any atom is 0.287 e. The number of carbonyl (C=O) groups is 1. The second-order valence-corrected chi connectivity index (χ2v) is 10.6. The molecule has 0 fully saturated rings. The minimum atomic E-state index is -0.257. The number of fused-ring (bicyclic) bond motifs is 2. The van der Waals surface area contributed by atoms with Gasteiger partial charge in [0, 0.05) is 26.6 Å². The van der Waals surface area contributed by atoms with Crippen molar-refractivity contribution in [3.63, 3.8) is 0 Å². The minimum absolute atomic E-state index is 0.237. The van der Waals surface area contributed by atoms with E-state index in [4.69, 9.17) is 21.0 Å². The van der Waals surface area contributed by atoms with Crippen molar-refractivity contribution in [3.8, 4) is 0 Å². The molecule has 0 bridgehead atoms. The molecule has 0 aliphatic heterocycles. The Morgan fingerprint density at radius 2 is 1.86 bits per heavy atom. The van der Waals surface area contributed by atoms with E-state index < -0.39 is 0 Å². The van der Waals surface area contributed by atoms with Crippen LogP contribution in [0.3, 0.4) is 0 Å². The predicted octanol–water partition coefficient (Wildman–Crippen LogP) is 7.48. The van der Waals surface area contributed by atoms with Crippen molar-refractivity contribution in [2.75, 3.05) is 12.0 Å². The highest BCUT2D eigenvalue weighted by Gasteiger charge is 2.25. The quantitative estimate of drug-likeness (QED) is 0.197. The van der Waals surface area contributed by atoms with E-state index in [1.165, 1.54) is 0 Å². The molecular formula is C27H24ClN3O2S2. The lowest BCUT2D eigenvalue weighted by molar-refractivity contribution is 0.0907. The Morgan fingerprint density at radius 1 is 1.09 bits per heavy atom. The Hall–Kier alpha value is -2.87. The first-order chi connectivity index (χ1) is 17.1. The van der Waals surface area contributed by atoms with Gasteiger partial charge in [0.15, 0.2) is 5.76 Å². The lowest BCUT2D eigenvalue weighted by Gasteiger charge is -2.16. The van der Waals surface area contributed by atoms with Crippen LogP contribution in [-0.4, -0.2) is 27.9 Å². The van der Waals surface area contributed by atoms with Gasteiger partial charge >= 0.3 is 0 Å². The van der Waals surface area contributed by atoms with Crippen LogP contribution in [0.15, 0.2) is 82.1 Å². The topological polar surface area (TPSA) is 70.9 Å². The van der Waals surface area contributed by atoms with Crippen molar-refractivity contribution < 1.29 is 9.21 Å². The van der Waals surface area contributed by atoms with E-state index in [2.05, 4.69) is 16.6 Å². The first kappa shape index (κ1) is 23.9. The van der Waals surface area contributed by atoms with Gasteiger partial charge in [0.2, 0.25) is 0 Å². The van der Waals surface area contributed by atoms with Gasteiger partial charge in [-0.2, -0.15) is 11.8 Å². The Morgan fingerprint density at radius 3 is 2.66 bits per heavy atom. The van der Waals surface area contributed by atoms with Gasteiger partial charge in [-0.3, -0.25) is 4.79 Å². The first-order valence-electron chi connectivity index (χ1n) is 11.3. The average Bonchev–Trinajstić information content (AvgIpc) is 3.48. The van der Waals surface area contributed by atoms with Gasteiger partial charge in [-0.05, 0) is 60.9 Å². The van der Waals surface area contributed by atoms with Crippen LogP contribution in [0.25, 0.3) is 22.0 Å². The van der Waals surface area contributed by atoms with E-state index in [9.17, 15) is 4.79 Å². The third kappa shape index (κ3) is 5.37. The number of aromatic nitrogens is 2. The van der Waals surface area contributed by atoms with Crippen LogP contribution in [0.4, 0.5) is 0 Å². The van der Waals surface area contributed by atoms with E-state index >= 15 is 0 Å². The minimum Gasteiger partial charge on any atom is -0.451 e. The summed E-state index contributed by atoms with van der Waals surface area (Å²) in [7, 11) is 0. The molecule has 1 atom stereocenters. The lowest BCUT2D eigenvalue weighted by Crippen LogP contribution is -2.30. The van der Waals surface area contributed by atoms with Crippen LogP contribution in [-0.2, 0) is 5.75 Å². The van der Waals surface area contributed by atoms with Gasteiger partial charge in [-0.15, -0.1) is 11.8 Å². The van der Waals surface area contributed by atoms with Gasteiger partial charge in [0.05, 0.1) is 17.1 Å². The fourth-order valence-corrected chi connectivity index (χ4v) is 5.51. The Labute approximate surface area is 217 Å². The van der Waals surface area contributed by atoms with E-state index in [0.29, 0.717) is 22.1 Å². The number of aromatic amines is 1. The second-order valence-electron chi connectivity index (χ2n) is 8.10. The summed E-state index contributed by atoms with van der Waals surface area (Å²) < 4.78 is 6.09. The number of thioether (sulfide) groups is 2. The highest BCUT2D eigenvalue weighted by Crippen LogP contribution is 2.33. The third-order valence-corrected chi connectivity index (χ3v) is 7.69. The monoisotopic (exact) mass is 521 g/mol. The molecule has 2 heterocycles. The fourth-order valence-electron chi connectivity index (χ4n) is 3.99. The zero-order chi connectivity index (χ0) is 24.2. The predicted molar refractivity (Wildman–Crippen MR) is 147 cm³/mol. The number of imidazole rings is 1. The number of nitrogens with zero attached hydrogens (tertiary/aromatic N) is 1. The summed E-state index contributed by atoms with van der Waals surface area (Å²) in [6.07, 6.45) is 2.81. The molecule has 8 heteroatoms. The maximum absolute atomic E-state index is 13.6. The number of amides is 1. The van der Waals surface area contributed by atoms with Crippen molar-refractivity contribution in [3.05, 3.63) is 95.0 Å². The molecule has 5 nitrogen and oxygen atoms in total. The number of carbonyl (C=O) groups excluding carboxylic acids is 1. The van der Waals surface area contributed by atoms with Crippen LogP contribution < -0.4 is 5.32 Å². The summed E-state index contributed by atoms with van der Waals surface area (Å²) in [6, 6.07) is 23.1. The highest BCUT2D eigenvalue weighted by atomic mass is 35.5. The molecule has 0 unspecified atom stereocenters. The highest BCUT2D eigenvalue weighted by molar-refractivity contribution is 7.98. The van der Waals surface area contributed by atoms with Gasteiger partial charge < -0.3 is 14.7 Å². The zero-order valence-corrected chi connectivity index (χ0v) is 21.5. The summed E-state index contributed by atoms with van der Waals surface area (Å²) in [5.74, 6) is 2.35. The molecule has 5 aromatic rings. The third-order valence-electron chi connectivity index (χ3n) is 5.76. The SMILES string of the molecule is CSCC[C@H](NC(=O)c1oc2ccccc2c1CSc1ccc(Cl)cc1)c1nc2ccccc2[nH]1. The van der Waals surface area contributed by atoms with Crippen molar-refractivity contribution in [2.45, 2.75) is 23.1 Å². The Bertz CT molecular complexity index is 1430. The number of rotatable bonds is 9. The molecule has 5 rings (SSSR count). The zero-order valence-electron chi connectivity index (χ0n) is 19.1. The summed E-state index contributed by atoms with van der Waals surface area (Å²) >= 11 is 9.41. The second kappa shape index (κ2) is 10.8. The van der Waals surface area contributed by atoms with Crippen LogP contribution in [0.2, 0.25) is 5.02 Å². The molecular weight excluding hydrogens is 498 g/mol. The molecule has 0 saturated carbocycles. The van der Waals surface area contributed by atoms with Crippen LogP contribution in [0, 0.1) is 0 Å². The number of para-hydroxylation sites is 3. The normalized spacial score (nSPS) is 12.3. The standard InChI is InChI=1S/C27H24ClN3O2S2/c1-34-15-14-23(26-29-21-7-3-4-8-22(21)30-26)31-27(32)25-20(19-6-2-5-9-24(19)33-25)16-35-18-12-10-17(28)11-13-18/h2-13,23H,14-16H2,1H3,(H,29,30)(H,31,32)/t23-/m0/s1. The molecule has 35 heavy (non-hydrogen) atoms. The molecule has 3 aromatic carbocycles. The summed E-state index contributed by atoms with van der Waals surface area (Å²) in [5, 5.41) is 4.83. The van der Waals surface area contributed by atoms with Crippen molar-refractivity contribution in [2.24, 2.45) is 0 Å².